The molecule has 15 nitrogen and oxygen atoms in total. The van der Waals surface area contributed by atoms with Gasteiger partial charge in [-0.05, 0) is 12.1 Å². The summed E-state index contributed by atoms with van der Waals surface area (Å²) in [6, 6.07) is 14.9. The van der Waals surface area contributed by atoms with Crippen LogP contribution in [0.25, 0.3) is 28.3 Å². The number of hydroxylamine groups is 1. The number of fused-ring (bicyclic) bond motifs is 2. The second-order valence-corrected chi connectivity index (χ2v) is 9.15. The number of carbonyl (C=O) groups is 2. The van der Waals surface area contributed by atoms with Crippen LogP contribution in [0.4, 0.5) is 16.4 Å². The Morgan fingerprint density at radius 3 is 2.86 bits per heavy atom. The highest BCUT2D eigenvalue weighted by atomic mass is 16.7. The van der Waals surface area contributed by atoms with Gasteiger partial charge < -0.3 is 29.6 Å². The minimum Gasteiger partial charge on any atom is -0.446 e. The highest BCUT2D eigenvalue weighted by molar-refractivity contribution is 6.19. The molecule has 0 aliphatic carbocycles. The monoisotopic (exact) mass is 568 g/mol. The van der Waals surface area contributed by atoms with E-state index in [9.17, 15) is 9.59 Å². The number of anilines is 2. The summed E-state index contributed by atoms with van der Waals surface area (Å²) in [5.74, 6) is 0.508. The van der Waals surface area contributed by atoms with E-state index in [0.717, 1.165) is 11.3 Å². The van der Waals surface area contributed by atoms with Crippen molar-refractivity contribution in [3.8, 4) is 5.88 Å². The fraction of sp³-hybridized carbons (Fsp3) is 0.148. The SMILES string of the molecule is CN1C(=O)/C(=C\c2nc3ccc(N(C)CCOC(=O)NOc4nc(N)nc5[nH]cnc45)cc3o2)N=C1c1ccccc1. The van der Waals surface area contributed by atoms with E-state index in [2.05, 4.69) is 35.4 Å². The summed E-state index contributed by atoms with van der Waals surface area (Å²) < 4.78 is 11.1. The molecule has 212 valence electrons. The molecule has 2 amide bonds. The highest BCUT2D eigenvalue weighted by Gasteiger charge is 2.28. The topological polar surface area (TPSA) is 190 Å². The van der Waals surface area contributed by atoms with Crippen LogP contribution in [0, 0.1) is 0 Å². The van der Waals surface area contributed by atoms with Gasteiger partial charge in [-0.1, -0.05) is 30.3 Å². The Kier molecular flexibility index (Phi) is 6.80. The summed E-state index contributed by atoms with van der Waals surface area (Å²) in [5, 5.41) is 0. The lowest BCUT2D eigenvalue weighted by molar-refractivity contribution is -0.121. The Labute approximate surface area is 237 Å². The number of nitrogens with two attached hydrogens (primary N) is 1. The number of ether oxygens (including phenoxy) is 1. The van der Waals surface area contributed by atoms with Crippen LogP contribution in [0.2, 0.25) is 0 Å². The highest BCUT2D eigenvalue weighted by Crippen LogP contribution is 2.25. The van der Waals surface area contributed by atoms with Crippen molar-refractivity contribution in [2.24, 2.45) is 4.99 Å². The van der Waals surface area contributed by atoms with Crippen LogP contribution in [0.1, 0.15) is 11.5 Å². The molecule has 0 radical (unpaired) electrons. The number of hydrogen-bond donors (Lipinski definition) is 3. The number of aromatic amines is 1. The van der Waals surface area contributed by atoms with Crippen molar-refractivity contribution in [1.29, 1.82) is 0 Å². The summed E-state index contributed by atoms with van der Waals surface area (Å²) in [4.78, 5) is 57.1. The van der Waals surface area contributed by atoms with Crippen LogP contribution in [-0.2, 0) is 9.53 Å². The van der Waals surface area contributed by atoms with E-state index in [0.29, 0.717) is 34.6 Å². The predicted octanol–water partition coefficient (Wildman–Crippen LogP) is 2.49. The molecule has 0 fully saturated rings. The average molecular weight is 569 g/mol. The Bertz CT molecular complexity index is 1860. The van der Waals surface area contributed by atoms with Crippen LogP contribution in [0.3, 0.4) is 0 Å². The first kappa shape index (κ1) is 26.2. The smallest absolute Gasteiger partial charge is 0.440 e. The van der Waals surface area contributed by atoms with Crippen LogP contribution in [0.15, 0.2) is 70.0 Å². The summed E-state index contributed by atoms with van der Waals surface area (Å²) in [6.45, 7) is 0.421. The lowest BCUT2D eigenvalue weighted by atomic mass is 10.2. The summed E-state index contributed by atoms with van der Waals surface area (Å²) in [7, 11) is 3.51. The second-order valence-electron chi connectivity index (χ2n) is 9.15. The van der Waals surface area contributed by atoms with Crippen molar-refractivity contribution in [2.75, 3.05) is 37.9 Å². The number of benzene rings is 2. The standard InChI is InChI=1S/C27H24N10O5/c1-36(10-11-40-27(39)35-42-24-21-22(30-14-29-21)33-26(28)34-24)16-8-9-17-19(12-16)41-20(31-17)13-18-25(38)37(2)23(32-18)15-6-4-3-5-7-15/h3-9,12-14H,10-11H2,1-2H3,(H,35,39)(H3,28,29,30,33,34)/b18-13+. The summed E-state index contributed by atoms with van der Waals surface area (Å²) >= 11 is 0. The minimum absolute atomic E-state index is 0.0176. The number of imidazole rings is 1. The first-order valence-electron chi connectivity index (χ1n) is 12.7. The van der Waals surface area contributed by atoms with Crippen molar-refractivity contribution in [2.45, 2.75) is 0 Å². The van der Waals surface area contributed by atoms with E-state index in [1.165, 1.54) is 17.3 Å². The number of amides is 2. The van der Waals surface area contributed by atoms with Crippen LogP contribution in [0.5, 0.6) is 5.88 Å². The first-order chi connectivity index (χ1) is 20.4. The molecule has 6 rings (SSSR count). The van der Waals surface area contributed by atoms with E-state index in [-0.39, 0.29) is 35.9 Å². The van der Waals surface area contributed by atoms with E-state index < -0.39 is 6.09 Å². The number of amidine groups is 1. The van der Waals surface area contributed by atoms with Crippen molar-refractivity contribution in [1.82, 2.24) is 35.3 Å². The Hall–Kier alpha value is -5.99. The number of rotatable bonds is 8. The average Bonchev–Trinajstić information content (AvgIpc) is 3.70. The Balaban J connectivity index is 1.06. The fourth-order valence-corrected chi connectivity index (χ4v) is 4.21. The molecular formula is C27H24N10O5. The third kappa shape index (κ3) is 5.25. The van der Waals surface area contributed by atoms with Gasteiger partial charge >= 0.3 is 6.09 Å². The van der Waals surface area contributed by atoms with E-state index in [1.807, 2.05) is 54.4 Å². The number of nitrogens with zero attached hydrogens (tertiary/aromatic N) is 7. The molecule has 0 bridgehead atoms. The largest absolute Gasteiger partial charge is 0.446 e. The van der Waals surface area contributed by atoms with Crippen LogP contribution in [-0.4, -0.2) is 74.9 Å². The molecule has 0 saturated heterocycles. The molecule has 0 unspecified atom stereocenters. The van der Waals surface area contributed by atoms with Crippen molar-refractivity contribution < 1.29 is 23.6 Å². The lowest BCUT2D eigenvalue weighted by Gasteiger charge is -2.18. The van der Waals surface area contributed by atoms with Gasteiger partial charge in [0.1, 0.15) is 23.7 Å². The lowest BCUT2D eigenvalue weighted by Crippen LogP contribution is -2.31. The summed E-state index contributed by atoms with van der Waals surface area (Å²) in [5.41, 5.74) is 11.5. The number of nitrogen functional groups attached to an aromatic ring is 1. The molecule has 1 aliphatic heterocycles. The molecule has 42 heavy (non-hydrogen) atoms. The number of hydrogen-bond acceptors (Lipinski definition) is 12. The van der Waals surface area contributed by atoms with Crippen molar-refractivity contribution in [3.05, 3.63) is 72.0 Å². The zero-order chi connectivity index (χ0) is 29.2. The number of nitrogens with one attached hydrogen (secondary N) is 2. The van der Waals surface area contributed by atoms with Crippen molar-refractivity contribution in [3.63, 3.8) is 0 Å². The number of aromatic nitrogens is 5. The third-order valence-electron chi connectivity index (χ3n) is 6.34. The molecule has 3 aromatic heterocycles. The molecule has 0 saturated carbocycles. The van der Waals surface area contributed by atoms with Gasteiger partial charge in [-0.25, -0.2) is 19.8 Å². The van der Waals surface area contributed by atoms with E-state index in [4.69, 9.17) is 19.7 Å². The zero-order valence-corrected chi connectivity index (χ0v) is 22.4. The van der Waals surface area contributed by atoms with Gasteiger partial charge in [0.15, 0.2) is 16.7 Å². The molecule has 1 aliphatic rings. The molecule has 0 atom stereocenters. The minimum atomic E-state index is -0.821. The maximum absolute atomic E-state index is 12.8. The molecule has 15 heteroatoms. The first-order valence-corrected chi connectivity index (χ1v) is 12.7. The molecule has 0 spiro atoms. The molecule has 5 aromatic rings. The Morgan fingerprint density at radius 2 is 2.02 bits per heavy atom. The number of likely N-dealkylation sites (N-methyl/N-ethyl adjacent to an activating group) is 2. The van der Waals surface area contributed by atoms with Crippen molar-refractivity contribution >= 4 is 57.8 Å². The molecule has 4 N–H and O–H groups in total. The van der Waals surface area contributed by atoms with Gasteiger partial charge in [-0.2, -0.15) is 15.4 Å². The fourth-order valence-electron chi connectivity index (χ4n) is 4.21. The number of carbonyl (C=O) groups excluding carboxylic acids is 2. The van der Waals surface area contributed by atoms with Gasteiger partial charge in [0.05, 0.1) is 12.9 Å². The number of aliphatic imine (C=N–C) groups is 1. The predicted molar refractivity (Wildman–Crippen MR) is 152 cm³/mol. The number of oxazole rings is 1. The third-order valence-corrected chi connectivity index (χ3v) is 6.34. The second kappa shape index (κ2) is 10.9. The van der Waals surface area contributed by atoms with Crippen LogP contribution >= 0.6 is 0 Å². The van der Waals surface area contributed by atoms with Gasteiger partial charge in [0.2, 0.25) is 11.8 Å². The van der Waals surface area contributed by atoms with Gasteiger partial charge in [-0.15, -0.1) is 0 Å². The van der Waals surface area contributed by atoms with Crippen LogP contribution < -0.4 is 21.0 Å². The number of H-pyrrole nitrogens is 1. The maximum Gasteiger partial charge on any atom is 0.440 e. The summed E-state index contributed by atoms with van der Waals surface area (Å²) in [6.07, 6.45) is 2.11. The van der Waals surface area contributed by atoms with E-state index in [1.54, 1.807) is 13.1 Å². The van der Waals surface area contributed by atoms with Gasteiger partial charge in [0.25, 0.3) is 11.8 Å². The van der Waals surface area contributed by atoms with E-state index >= 15 is 0 Å². The maximum atomic E-state index is 12.8. The van der Waals surface area contributed by atoms with Gasteiger partial charge in [-0.3, -0.25) is 9.69 Å². The molecule has 2 aromatic carbocycles. The Morgan fingerprint density at radius 1 is 1.19 bits per heavy atom. The quantitative estimate of drug-likeness (QED) is 0.184. The molecule has 4 heterocycles. The normalized spacial score (nSPS) is 14.0. The van der Waals surface area contributed by atoms with Gasteiger partial charge in [0, 0.05) is 37.5 Å². The zero-order valence-electron chi connectivity index (χ0n) is 22.4. The molecular weight excluding hydrogens is 544 g/mol.